The first-order chi connectivity index (χ1) is 5.37. The van der Waals surface area contributed by atoms with Crippen molar-refractivity contribution in [1.82, 2.24) is 4.57 Å². The van der Waals surface area contributed by atoms with Gasteiger partial charge in [-0.3, -0.25) is 0 Å². The minimum Gasteiger partial charge on any atom is -0.320 e. The highest BCUT2D eigenvalue weighted by atomic mass is 28.3. The van der Waals surface area contributed by atoms with Gasteiger partial charge in [0.15, 0.2) is 0 Å². The normalized spacial score (nSPS) is 15.2. The second kappa shape index (κ2) is 5.19. The van der Waals surface area contributed by atoms with Gasteiger partial charge in [-0.2, -0.15) is 0 Å². The fourth-order valence-electron chi connectivity index (χ4n) is 1.63. The topological polar surface area (TPSA) is 3.24 Å². The summed E-state index contributed by atoms with van der Waals surface area (Å²) in [5, 5.41) is 0.653. The van der Waals surface area contributed by atoms with E-state index >= 15 is 0 Å². The van der Waals surface area contributed by atoms with E-state index in [9.17, 15) is 0 Å². The van der Waals surface area contributed by atoms with Gasteiger partial charge in [-0.15, -0.1) is 0 Å². The van der Waals surface area contributed by atoms with Gasteiger partial charge >= 0.3 is 0 Å². The monoisotopic (exact) mass is 199 g/mol. The Bertz CT molecular complexity index is 116. The highest BCUT2D eigenvalue weighted by molar-refractivity contribution is 6.64. The second-order valence-corrected chi connectivity index (χ2v) is 8.07. The van der Waals surface area contributed by atoms with E-state index in [1.807, 2.05) is 0 Å². The lowest BCUT2D eigenvalue weighted by Crippen LogP contribution is -2.48. The fraction of sp³-hybridized carbons (Fsp3) is 1.00. The van der Waals surface area contributed by atoms with E-state index in [2.05, 4.69) is 56.0 Å². The van der Waals surface area contributed by atoms with Crippen molar-refractivity contribution < 1.29 is 0 Å². The molecule has 0 N–H and O–H groups in total. The molecule has 1 nitrogen and oxygen atoms in total. The van der Waals surface area contributed by atoms with Gasteiger partial charge < -0.3 is 4.57 Å². The Morgan fingerprint density at radius 1 is 1.00 bits per heavy atom. The summed E-state index contributed by atoms with van der Waals surface area (Å²) < 4.78 is 2.63. The minimum absolute atomic E-state index is 0.397. The predicted octanol–water partition coefficient (Wildman–Crippen LogP) is 2.24. The van der Waals surface area contributed by atoms with Crippen molar-refractivity contribution in [2.45, 2.75) is 58.4 Å². The standard InChI is InChI=1S/C9H21NSi2/c1-7(2)10(8(3)4)12(6)9(5)11/h7-9H,1-6H3. The molecule has 12 heavy (non-hydrogen) atoms. The van der Waals surface area contributed by atoms with Crippen molar-refractivity contribution in [3.05, 3.63) is 0 Å². The lowest BCUT2D eigenvalue weighted by atomic mass is 10.3. The Hall–Kier alpha value is 0.394. The van der Waals surface area contributed by atoms with E-state index in [0.29, 0.717) is 17.2 Å². The summed E-state index contributed by atoms with van der Waals surface area (Å²) in [6, 6.07) is 1.34. The Labute approximate surface area is 82.6 Å². The van der Waals surface area contributed by atoms with Gasteiger partial charge in [0.25, 0.3) is 0 Å². The summed E-state index contributed by atoms with van der Waals surface area (Å²) in [6.45, 7) is 13.8. The highest BCUT2D eigenvalue weighted by Crippen LogP contribution is 2.15. The maximum Gasteiger partial charge on any atom is 0.133 e. The molecule has 0 spiro atoms. The van der Waals surface area contributed by atoms with E-state index < -0.39 is 8.96 Å². The molecule has 0 aromatic carbocycles. The summed E-state index contributed by atoms with van der Waals surface area (Å²) >= 11 is 0. The smallest absolute Gasteiger partial charge is 0.133 e. The van der Waals surface area contributed by atoms with Crippen molar-refractivity contribution in [2.24, 2.45) is 0 Å². The van der Waals surface area contributed by atoms with Crippen LogP contribution in [0.5, 0.6) is 0 Å². The van der Waals surface area contributed by atoms with E-state index in [-0.39, 0.29) is 0 Å². The fourth-order valence-corrected chi connectivity index (χ4v) is 4.16. The predicted molar refractivity (Wildman–Crippen MR) is 58.9 cm³/mol. The summed E-state index contributed by atoms with van der Waals surface area (Å²) in [4.78, 5) is 0. The van der Waals surface area contributed by atoms with E-state index in [1.54, 1.807) is 0 Å². The first-order valence-corrected chi connectivity index (χ1v) is 7.31. The van der Waals surface area contributed by atoms with Gasteiger partial charge in [0.05, 0.1) is 0 Å². The number of rotatable bonds is 4. The molecule has 0 bridgehead atoms. The van der Waals surface area contributed by atoms with E-state index in [4.69, 9.17) is 0 Å². The minimum atomic E-state index is -0.397. The highest BCUT2D eigenvalue weighted by Gasteiger charge is 2.23. The van der Waals surface area contributed by atoms with Crippen LogP contribution >= 0.6 is 0 Å². The van der Waals surface area contributed by atoms with Crippen LogP contribution in [0.15, 0.2) is 0 Å². The lowest BCUT2D eigenvalue weighted by Gasteiger charge is -2.37. The largest absolute Gasteiger partial charge is 0.320 e. The first kappa shape index (κ1) is 12.4. The van der Waals surface area contributed by atoms with Crippen molar-refractivity contribution >= 4 is 19.2 Å². The van der Waals surface area contributed by atoms with Crippen LogP contribution in [0.25, 0.3) is 0 Å². The summed E-state index contributed by atoms with van der Waals surface area (Å²) in [5.41, 5.74) is 0. The molecule has 0 aliphatic heterocycles. The third kappa shape index (κ3) is 3.41. The average molecular weight is 199 g/mol. The first-order valence-electron chi connectivity index (χ1n) is 4.70. The third-order valence-corrected chi connectivity index (χ3v) is 6.50. The maximum atomic E-state index is 3.73. The van der Waals surface area contributed by atoms with Crippen LogP contribution in [0.4, 0.5) is 0 Å². The molecule has 0 amide bonds. The molecular weight excluding hydrogens is 178 g/mol. The van der Waals surface area contributed by atoms with Crippen LogP contribution in [0, 0.1) is 0 Å². The average Bonchev–Trinajstić information content (AvgIpc) is 1.85. The molecule has 1 unspecified atom stereocenters. The summed E-state index contributed by atoms with van der Waals surface area (Å²) in [6.07, 6.45) is 0. The Kier molecular flexibility index (Phi) is 5.36. The zero-order valence-electron chi connectivity index (χ0n) is 9.18. The molecule has 70 valence electrons. The van der Waals surface area contributed by atoms with Crippen LogP contribution in [0.3, 0.4) is 0 Å². The molecule has 0 saturated heterocycles. The van der Waals surface area contributed by atoms with Crippen molar-refractivity contribution in [1.29, 1.82) is 0 Å². The SMILES string of the molecule is CC(C)N(C(C)C)[Si](C)C(C)[Si]. The van der Waals surface area contributed by atoms with Crippen molar-refractivity contribution in [3.8, 4) is 0 Å². The molecule has 1 atom stereocenters. The van der Waals surface area contributed by atoms with Crippen molar-refractivity contribution in [3.63, 3.8) is 0 Å². The van der Waals surface area contributed by atoms with Crippen molar-refractivity contribution in [2.75, 3.05) is 0 Å². The van der Waals surface area contributed by atoms with Crippen LogP contribution in [-0.2, 0) is 0 Å². The summed E-state index contributed by atoms with van der Waals surface area (Å²) in [7, 11) is 3.33. The molecule has 0 heterocycles. The molecule has 0 aliphatic carbocycles. The Balaban J connectivity index is 4.30. The van der Waals surface area contributed by atoms with Crippen LogP contribution < -0.4 is 0 Å². The molecule has 0 rings (SSSR count). The number of hydrogen-bond acceptors (Lipinski definition) is 1. The molecule has 0 aromatic heterocycles. The van der Waals surface area contributed by atoms with Gasteiger partial charge in [-0.05, 0) is 17.2 Å². The zero-order chi connectivity index (χ0) is 9.89. The molecule has 3 heteroatoms. The zero-order valence-corrected chi connectivity index (χ0v) is 11.2. The number of hydrogen-bond donors (Lipinski definition) is 0. The summed E-state index contributed by atoms with van der Waals surface area (Å²) in [5.74, 6) is 0. The Morgan fingerprint density at radius 3 is 1.42 bits per heavy atom. The molecule has 0 fully saturated rings. The molecule has 4 radical (unpaired) electrons. The maximum absolute atomic E-state index is 3.73. The number of nitrogens with zero attached hydrogens (tertiary/aromatic N) is 1. The molecule has 0 aliphatic rings. The van der Waals surface area contributed by atoms with Crippen LogP contribution in [-0.4, -0.2) is 35.8 Å². The van der Waals surface area contributed by atoms with E-state index in [0.717, 1.165) is 0 Å². The van der Waals surface area contributed by atoms with Gasteiger partial charge in [0.2, 0.25) is 0 Å². The lowest BCUT2D eigenvalue weighted by molar-refractivity contribution is 0.302. The quantitative estimate of drug-likeness (QED) is 0.628. The van der Waals surface area contributed by atoms with Gasteiger partial charge in [-0.1, -0.05) is 41.2 Å². The third-order valence-electron chi connectivity index (χ3n) is 2.15. The van der Waals surface area contributed by atoms with Gasteiger partial charge in [0.1, 0.15) is 8.96 Å². The van der Waals surface area contributed by atoms with E-state index in [1.165, 1.54) is 0 Å². The van der Waals surface area contributed by atoms with Crippen LogP contribution in [0.2, 0.25) is 11.7 Å². The van der Waals surface area contributed by atoms with Crippen LogP contribution in [0.1, 0.15) is 34.6 Å². The molecular formula is C9H21NSi2. The van der Waals surface area contributed by atoms with Gasteiger partial charge in [-0.25, -0.2) is 0 Å². The molecule has 0 saturated carbocycles. The molecule has 0 aromatic rings. The second-order valence-electron chi connectivity index (χ2n) is 3.96. The van der Waals surface area contributed by atoms with Gasteiger partial charge in [0, 0.05) is 10.2 Å². The Morgan fingerprint density at radius 2 is 1.33 bits per heavy atom.